The molecule has 0 amide bonds. The highest BCUT2D eigenvalue weighted by molar-refractivity contribution is 7.08. The molecule has 0 radical (unpaired) electrons. The molecule has 2 aromatic rings. The van der Waals surface area contributed by atoms with Gasteiger partial charge >= 0.3 is 0 Å². The van der Waals surface area contributed by atoms with Gasteiger partial charge in [-0.25, -0.2) is 0 Å². The van der Waals surface area contributed by atoms with E-state index in [-0.39, 0.29) is 6.04 Å². The highest BCUT2D eigenvalue weighted by atomic mass is 32.1. The largest absolute Gasteiger partial charge is 0.493 e. The molecule has 1 heterocycles. The second-order valence-corrected chi connectivity index (χ2v) is 5.61. The van der Waals surface area contributed by atoms with Gasteiger partial charge in [-0.1, -0.05) is 32.0 Å². The van der Waals surface area contributed by atoms with E-state index in [1.807, 2.05) is 6.07 Å². The van der Waals surface area contributed by atoms with Crippen LogP contribution in [0.2, 0.25) is 0 Å². The molecule has 0 aliphatic heterocycles. The normalized spacial score (nSPS) is 12.3. The zero-order valence-corrected chi connectivity index (χ0v) is 13.1. The zero-order chi connectivity index (χ0) is 14.2. The number of hydrogen-bond donors (Lipinski definition) is 1. The smallest absolute Gasteiger partial charge is 0.124 e. The average Bonchev–Trinajstić information content (AvgIpc) is 3.01. The van der Waals surface area contributed by atoms with Crippen LogP contribution in [-0.4, -0.2) is 13.2 Å². The summed E-state index contributed by atoms with van der Waals surface area (Å²) >= 11 is 1.74. The van der Waals surface area contributed by atoms with Gasteiger partial charge in [-0.15, -0.1) is 0 Å². The van der Waals surface area contributed by atoms with Crippen molar-refractivity contribution >= 4 is 11.3 Å². The maximum absolute atomic E-state index is 5.91. The lowest BCUT2D eigenvalue weighted by molar-refractivity contribution is 0.311. The first-order valence-corrected chi connectivity index (χ1v) is 8.28. The van der Waals surface area contributed by atoms with Crippen LogP contribution >= 0.6 is 11.3 Å². The Balaban J connectivity index is 2.28. The highest BCUT2D eigenvalue weighted by Gasteiger charge is 2.17. The number of nitrogens with one attached hydrogen (secondary N) is 1. The Hall–Kier alpha value is -1.32. The van der Waals surface area contributed by atoms with E-state index in [1.165, 1.54) is 11.1 Å². The summed E-state index contributed by atoms with van der Waals surface area (Å²) in [5, 5.41) is 7.97. The lowest BCUT2D eigenvalue weighted by Gasteiger charge is -2.21. The third-order valence-corrected chi connectivity index (χ3v) is 3.87. The van der Waals surface area contributed by atoms with Crippen LogP contribution in [0.3, 0.4) is 0 Å². The molecule has 1 atom stereocenters. The summed E-state index contributed by atoms with van der Waals surface area (Å²) in [7, 11) is 0. The Labute approximate surface area is 125 Å². The fourth-order valence-corrected chi connectivity index (χ4v) is 2.88. The molecular weight excluding hydrogens is 266 g/mol. The topological polar surface area (TPSA) is 21.3 Å². The second-order valence-electron chi connectivity index (χ2n) is 4.83. The Morgan fingerprint density at radius 1 is 1.15 bits per heavy atom. The number of rotatable bonds is 8. The Morgan fingerprint density at radius 2 is 2.00 bits per heavy atom. The number of hydrogen-bond acceptors (Lipinski definition) is 3. The molecule has 0 saturated carbocycles. The van der Waals surface area contributed by atoms with Crippen LogP contribution in [-0.2, 0) is 0 Å². The van der Waals surface area contributed by atoms with Crippen LogP contribution in [0, 0.1) is 0 Å². The standard InChI is InChI=1S/C17H23NOS/c1-3-10-18-17(14-9-12-20-13-14)15-7-5-6-8-16(15)19-11-4-2/h5-9,12-13,17-18H,3-4,10-11H2,1-2H3. The Kier molecular flexibility index (Phi) is 6.09. The summed E-state index contributed by atoms with van der Waals surface area (Å²) in [6.07, 6.45) is 2.15. The highest BCUT2D eigenvalue weighted by Crippen LogP contribution is 2.31. The molecule has 1 aromatic carbocycles. The fraction of sp³-hybridized carbons (Fsp3) is 0.412. The van der Waals surface area contributed by atoms with Crippen LogP contribution in [0.15, 0.2) is 41.1 Å². The molecule has 0 bridgehead atoms. The van der Waals surface area contributed by atoms with Gasteiger partial charge < -0.3 is 10.1 Å². The minimum Gasteiger partial charge on any atom is -0.493 e. The molecule has 1 N–H and O–H groups in total. The van der Waals surface area contributed by atoms with Crippen molar-refractivity contribution in [2.75, 3.05) is 13.2 Å². The van der Waals surface area contributed by atoms with Crippen LogP contribution in [0.4, 0.5) is 0 Å². The summed E-state index contributed by atoms with van der Waals surface area (Å²) in [5.74, 6) is 0.995. The number of thiophene rings is 1. The van der Waals surface area contributed by atoms with Gasteiger partial charge in [0.25, 0.3) is 0 Å². The van der Waals surface area contributed by atoms with E-state index in [0.29, 0.717) is 0 Å². The quantitative estimate of drug-likeness (QED) is 0.765. The molecule has 108 valence electrons. The van der Waals surface area contributed by atoms with E-state index >= 15 is 0 Å². The number of benzene rings is 1. The predicted molar refractivity (Wildman–Crippen MR) is 86.7 cm³/mol. The van der Waals surface area contributed by atoms with Crippen molar-refractivity contribution in [2.45, 2.75) is 32.7 Å². The lowest BCUT2D eigenvalue weighted by Crippen LogP contribution is -2.23. The molecule has 0 spiro atoms. The van der Waals surface area contributed by atoms with E-state index in [0.717, 1.165) is 31.7 Å². The van der Waals surface area contributed by atoms with Gasteiger partial charge in [0, 0.05) is 5.56 Å². The van der Waals surface area contributed by atoms with Crippen molar-refractivity contribution in [3.63, 3.8) is 0 Å². The van der Waals surface area contributed by atoms with E-state index in [1.54, 1.807) is 11.3 Å². The molecule has 1 unspecified atom stereocenters. The van der Waals surface area contributed by atoms with Gasteiger partial charge in [-0.3, -0.25) is 0 Å². The maximum atomic E-state index is 5.91. The first kappa shape index (κ1) is 15.1. The first-order chi connectivity index (χ1) is 9.86. The van der Waals surface area contributed by atoms with Gasteiger partial charge in [-0.2, -0.15) is 11.3 Å². The summed E-state index contributed by atoms with van der Waals surface area (Å²) in [6, 6.07) is 10.8. The Morgan fingerprint density at radius 3 is 2.70 bits per heavy atom. The predicted octanol–water partition coefficient (Wildman–Crippen LogP) is 4.63. The summed E-state index contributed by atoms with van der Waals surface area (Å²) in [5.41, 5.74) is 2.55. The molecule has 2 nitrogen and oxygen atoms in total. The zero-order valence-electron chi connectivity index (χ0n) is 12.3. The van der Waals surface area contributed by atoms with E-state index in [4.69, 9.17) is 4.74 Å². The molecule has 3 heteroatoms. The SMILES string of the molecule is CCCNC(c1ccsc1)c1ccccc1OCCC. The minimum absolute atomic E-state index is 0.217. The van der Waals surface area contributed by atoms with Gasteiger partial charge in [0.2, 0.25) is 0 Å². The molecule has 0 aliphatic carbocycles. The van der Waals surface area contributed by atoms with Crippen molar-refractivity contribution in [3.05, 3.63) is 52.2 Å². The third kappa shape index (κ3) is 3.84. The molecule has 0 aliphatic rings. The molecule has 20 heavy (non-hydrogen) atoms. The number of ether oxygens (including phenoxy) is 1. The fourth-order valence-electron chi connectivity index (χ4n) is 2.20. The lowest BCUT2D eigenvalue weighted by atomic mass is 10.00. The van der Waals surface area contributed by atoms with Gasteiger partial charge in [0.1, 0.15) is 5.75 Å². The summed E-state index contributed by atoms with van der Waals surface area (Å²) in [4.78, 5) is 0. The van der Waals surface area contributed by atoms with Crippen molar-refractivity contribution in [1.82, 2.24) is 5.32 Å². The van der Waals surface area contributed by atoms with E-state index < -0.39 is 0 Å². The van der Waals surface area contributed by atoms with Crippen LogP contribution in [0.1, 0.15) is 43.9 Å². The molecular formula is C17H23NOS. The summed E-state index contributed by atoms with van der Waals surface area (Å²) < 4.78 is 5.91. The average molecular weight is 289 g/mol. The van der Waals surface area contributed by atoms with Crippen molar-refractivity contribution in [1.29, 1.82) is 0 Å². The monoisotopic (exact) mass is 289 g/mol. The molecule has 2 rings (SSSR count). The van der Waals surface area contributed by atoms with E-state index in [2.05, 4.69) is 54.2 Å². The van der Waals surface area contributed by atoms with Crippen molar-refractivity contribution in [3.8, 4) is 5.75 Å². The first-order valence-electron chi connectivity index (χ1n) is 7.34. The number of para-hydroxylation sites is 1. The van der Waals surface area contributed by atoms with Crippen molar-refractivity contribution in [2.24, 2.45) is 0 Å². The molecule has 0 saturated heterocycles. The van der Waals surface area contributed by atoms with Gasteiger partial charge in [0.15, 0.2) is 0 Å². The van der Waals surface area contributed by atoms with Crippen LogP contribution < -0.4 is 10.1 Å². The Bertz CT molecular complexity index is 495. The van der Waals surface area contributed by atoms with Crippen LogP contribution in [0.25, 0.3) is 0 Å². The summed E-state index contributed by atoms with van der Waals surface area (Å²) in [6.45, 7) is 6.09. The van der Waals surface area contributed by atoms with E-state index in [9.17, 15) is 0 Å². The van der Waals surface area contributed by atoms with Gasteiger partial charge in [-0.05, 0) is 47.8 Å². The molecule has 0 fully saturated rings. The molecule has 1 aromatic heterocycles. The second kappa shape index (κ2) is 8.08. The third-order valence-electron chi connectivity index (χ3n) is 3.17. The van der Waals surface area contributed by atoms with Crippen LogP contribution in [0.5, 0.6) is 5.75 Å². The maximum Gasteiger partial charge on any atom is 0.124 e. The van der Waals surface area contributed by atoms with Crippen molar-refractivity contribution < 1.29 is 4.74 Å². The van der Waals surface area contributed by atoms with Gasteiger partial charge in [0.05, 0.1) is 12.6 Å². The minimum atomic E-state index is 0.217.